The Kier molecular flexibility index (Phi) is 5.03. The molecule has 0 unspecified atom stereocenters. The fourth-order valence-corrected chi connectivity index (χ4v) is 2.62. The molecular weight excluding hydrogens is 349 g/mol. The van der Waals surface area contributed by atoms with Gasteiger partial charge in [0.1, 0.15) is 11.6 Å². The van der Waals surface area contributed by atoms with E-state index in [1.807, 2.05) is 0 Å². The maximum atomic E-state index is 12.2. The Morgan fingerprint density at radius 2 is 1.92 bits per heavy atom. The minimum atomic E-state index is -0.221. The number of anilines is 2. The summed E-state index contributed by atoms with van der Waals surface area (Å²) in [4.78, 5) is 16.4. The van der Waals surface area contributed by atoms with Crippen molar-refractivity contribution in [2.75, 3.05) is 5.32 Å². The zero-order valence-corrected chi connectivity index (χ0v) is 13.9. The van der Waals surface area contributed by atoms with Gasteiger partial charge < -0.3 is 15.1 Å². The smallest absolute Gasteiger partial charge is 0.251 e. The van der Waals surface area contributed by atoms with Crippen molar-refractivity contribution >= 4 is 40.6 Å². The molecule has 1 amide bonds. The van der Waals surface area contributed by atoms with Crippen molar-refractivity contribution in [3.05, 3.63) is 76.3 Å². The van der Waals surface area contributed by atoms with Gasteiger partial charge in [0, 0.05) is 27.5 Å². The van der Waals surface area contributed by atoms with Crippen LogP contribution >= 0.6 is 23.2 Å². The molecule has 0 saturated carbocycles. The van der Waals surface area contributed by atoms with Crippen LogP contribution in [0, 0.1) is 0 Å². The lowest BCUT2D eigenvalue weighted by molar-refractivity contribution is 0.0948. The first-order chi connectivity index (χ1) is 11.6. The van der Waals surface area contributed by atoms with Crippen LogP contribution in [0.2, 0.25) is 10.0 Å². The molecule has 2 N–H and O–H groups in total. The number of pyridine rings is 1. The lowest BCUT2D eigenvalue weighted by Crippen LogP contribution is -2.22. The van der Waals surface area contributed by atoms with Gasteiger partial charge in [-0.2, -0.15) is 0 Å². The molecular formula is C17H13Cl2N3O2. The Morgan fingerprint density at radius 1 is 1.12 bits per heavy atom. The number of aromatic nitrogens is 1. The van der Waals surface area contributed by atoms with Crippen molar-refractivity contribution in [1.82, 2.24) is 10.3 Å². The lowest BCUT2D eigenvalue weighted by atomic mass is 10.2. The molecule has 3 aromatic rings. The van der Waals surface area contributed by atoms with E-state index in [0.717, 1.165) is 0 Å². The summed E-state index contributed by atoms with van der Waals surface area (Å²) in [6.07, 6.45) is 3.11. The van der Waals surface area contributed by atoms with E-state index < -0.39 is 0 Å². The van der Waals surface area contributed by atoms with Gasteiger partial charge in [0.2, 0.25) is 0 Å². The van der Waals surface area contributed by atoms with Crippen LogP contribution in [-0.2, 0) is 6.54 Å². The fraction of sp³-hybridized carbons (Fsp3) is 0.0588. The zero-order valence-electron chi connectivity index (χ0n) is 12.4. The van der Waals surface area contributed by atoms with Crippen LogP contribution in [0.4, 0.5) is 11.5 Å². The molecule has 3 rings (SSSR count). The third-order valence-corrected chi connectivity index (χ3v) is 3.60. The molecule has 0 radical (unpaired) electrons. The third-order valence-electron chi connectivity index (χ3n) is 3.16. The summed E-state index contributed by atoms with van der Waals surface area (Å²) in [6.45, 7) is 0.320. The van der Waals surface area contributed by atoms with Crippen LogP contribution in [0.3, 0.4) is 0 Å². The van der Waals surface area contributed by atoms with Gasteiger partial charge in [-0.1, -0.05) is 23.2 Å². The first-order valence-electron chi connectivity index (χ1n) is 7.10. The van der Waals surface area contributed by atoms with Crippen LogP contribution in [0.5, 0.6) is 0 Å². The molecule has 122 valence electrons. The average Bonchev–Trinajstić information content (AvgIpc) is 3.05. The van der Waals surface area contributed by atoms with E-state index in [1.165, 1.54) is 0 Å². The van der Waals surface area contributed by atoms with E-state index in [1.54, 1.807) is 54.9 Å². The molecule has 0 atom stereocenters. The zero-order chi connectivity index (χ0) is 16.9. The quantitative estimate of drug-likeness (QED) is 0.693. The molecule has 24 heavy (non-hydrogen) atoms. The minimum Gasteiger partial charge on any atom is -0.467 e. The van der Waals surface area contributed by atoms with Crippen LogP contribution in [-0.4, -0.2) is 10.9 Å². The first-order valence-corrected chi connectivity index (χ1v) is 7.85. The number of rotatable bonds is 5. The lowest BCUT2D eigenvalue weighted by Gasteiger charge is -2.08. The van der Waals surface area contributed by atoms with E-state index in [-0.39, 0.29) is 5.91 Å². The number of carbonyl (C=O) groups excluding carboxylic acids is 1. The van der Waals surface area contributed by atoms with Gasteiger partial charge in [-0.15, -0.1) is 0 Å². The molecule has 0 saturated heterocycles. The summed E-state index contributed by atoms with van der Waals surface area (Å²) in [5.41, 5.74) is 1.17. The molecule has 0 aliphatic rings. The Balaban J connectivity index is 1.70. The molecule has 0 fully saturated rings. The number of amides is 1. The Morgan fingerprint density at radius 3 is 2.62 bits per heavy atom. The summed E-state index contributed by atoms with van der Waals surface area (Å²) >= 11 is 11.9. The Labute approximate surface area is 148 Å². The van der Waals surface area contributed by atoms with Gasteiger partial charge in [0.15, 0.2) is 0 Å². The molecule has 0 aliphatic heterocycles. The number of furan rings is 1. The van der Waals surface area contributed by atoms with Gasteiger partial charge in [0.05, 0.1) is 12.8 Å². The SMILES string of the molecule is O=C(NCc1ccco1)c1ccnc(Nc2cc(Cl)cc(Cl)c2)c1. The van der Waals surface area contributed by atoms with Crippen molar-refractivity contribution in [1.29, 1.82) is 0 Å². The molecule has 5 nitrogen and oxygen atoms in total. The average molecular weight is 362 g/mol. The highest BCUT2D eigenvalue weighted by Crippen LogP contribution is 2.24. The van der Waals surface area contributed by atoms with Crippen LogP contribution in [0.25, 0.3) is 0 Å². The van der Waals surface area contributed by atoms with Crippen molar-refractivity contribution < 1.29 is 9.21 Å². The minimum absolute atomic E-state index is 0.221. The maximum absolute atomic E-state index is 12.2. The predicted molar refractivity (Wildman–Crippen MR) is 93.9 cm³/mol. The summed E-state index contributed by atoms with van der Waals surface area (Å²) in [6, 6.07) is 11.9. The van der Waals surface area contributed by atoms with Gasteiger partial charge >= 0.3 is 0 Å². The highest BCUT2D eigenvalue weighted by atomic mass is 35.5. The predicted octanol–water partition coefficient (Wildman–Crippen LogP) is 4.66. The number of hydrogen-bond acceptors (Lipinski definition) is 4. The van der Waals surface area contributed by atoms with Gasteiger partial charge in [-0.3, -0.25) is 4.79 Å². The number of benzene rings is 1. The molecule has 2 aromatic heterocycles. The summed E-state index contributed by atoms with van der Waals surface area (Å²) < 4.78 is 5.18. The summed E-state index contributed by atoms with van der Waals surface area (Å²) in [5, 5.41) is 6.88. The Bertz CT molecular complexity index is 831. The van der Waals surface area contributed by atoms with Gasteiger partial charge in [0.25, 0.3) is 5.91 Å². The normalized spacial score (nSPS) is 10.4. The topological polar surface area (TPSA) is 67.2 Å². The van der Waals surface area contributed by atoms with Gasteiger partial charge in [-0.25, -0.2) is 4.98 Å². The molecule has 0 spiro atoms. The van der Waals surface area contributed by atoms with E-state index in [0.29, 0.717) is 39.4 Å². The highest BCUT2D eigenvalue weighted by Gasteiger charge is 2.08. The molecule has 7 heteroatoms. The third kappa shape index (κ3) is 4.28. The number of nitrogens with zero attached hydrogens (tertiary/aromatic N) is 1. The highest BCUT2D eigenvalue weighted by molar-refractivity contribution is 6.35. The first kappa shape index (κ1) is 16.4. The largest absolute Gasteiger partial charge is 0.467 e. The Hall–Kier alpha value is -2.50. The van der Waals surface area contributed by atoms with E-state index in [4.69, 9.17) is 27.6 Å². The fourth-order valence-electron chi connectivity index (χ4n) is 2.10. The summed E-state index contributed by atoms with van der Waals surface area (Å²) in [5.74, 6) is 0.976. The van der Waals surface area contributed by atoms with E-state index in [2.05, 4.69) is 15.6 Å². The second-order valence-electron chi connectivity index (χ2n) is 4.97. The number of nitrogens with one attached hydrogen (secondary N) is 2. The van der Waals surface area contributed by atoms with Gasteiger partial charge in [-0.05, 0) is 42.5 Å². The van der Waals surface area contributed by atoms with Crippen molar-refractivity contribution in [2.24, 2.45) is 0 Å². The monoisotopic (exact) mass is 361 g/mol. The van der Waals surface area contributed by atoms with Crippen molar-refractivity contribution in [3.63, 3.8) is 0 Å². The molecule has 0 aliphatic carbocycles. The molecule has 1 aromatic carbocycles. The van der Waals surface area contributed by atoms with Crippen LogP contribution < -0.4 is 10.6 Å². The van der Waals surface area contributed by atoms with E-state index in [9.17, 15) is 4.79 Å². The van der Waals surface area contributed by atoms with Crippen LogP contribution in [0.15, 0.2) is 59.3 Å². The number of carbonyl (C=O) groups is 1. The van der Waals surface area contributed by atoms with Crippen molar-refractivity contribution in [3.8, 4) is 0 Å². The maximum Gasteiger partial charge on any atom is 0.251 e. The van der Waals surface area contributed by atoms with Crippen molar-refractivity contribution in [2.45, 2.75) is 6.54 Å². The van der Waals surface area contributed by atoms with Crippen LogP contribution in [0.1, 0.15) is 16.1 Å². The standard InChI is InChI=1S/C17H13Cl2N3O2/c18-12-7-13(19)9-14(8-12)22-16-6-11(3-4-20-16)17(23)21-10-15-2-1-5-24-15/h1-9H,10H2,(H,20,22)(H,21,23). The summed E-state index contributed by atoms with van der Waals surface area (Å²) in [7, 11) is 0. The molecule has 0 bridgehead atoms. The number of hydrogen-bond donors (Lipinski definition) is 2. The van der Waals surface area contributed by atoms with E-state index >= 15 is 0 Å². The second-order valence-corrected chi connectivity index (χ2v) is 5.85. The molecule has 2 heterocycles. The second kappa shape index (κ2) is 7.38. The number of halogens is 2.